The molecule has 0 fully saturated rings. The van der Waals surface area contributed by atoms with Crippen LogP contribution in [0.15, 0.2) is 67.0 Å². The number of aromatic nitrogens is 4. The minimum Gasteiger partial charge on any atom is -0.454 e. The number of nitrogens with one attached hydrogen (secondary N) is 1. The van der Waals surface area contributed by atoms with Gasteiger partial charge in [-0.25, -0.2) is 4.68 Å². The fraction of sp³-hybridized carbons (Fsp3) is 0.296. The van der Waals surface area contributed by atoms with E-state index < -0.39 is 6.04 Å². The van der Waals surface area contributed by atoms with Crippen molar-refractivity contribution in [2.45, 2.75) is 32.9 Å². The van der Waals surface area contributed by atoms with Crippen molar-refractivity contribution in [1.29, 1.82) is 0 Å². The van der Waals surface area contributed by atoms with Crippen molar-refractivity contribution in [1.82, 2.24) is 25.3 Å². The Hall–Kier alpha value is -4.47. The van der Waals surface area contributed by atoms with E-state index in [9.17, 15) is 9.59 Å². The lowest BCUT2D eigenvalue weighted by Crippen LogP contribution is -2.45. The third-order valence-corrected chi connectivity index (χ3v) is 6.16. The zero-order chi connectivity index (χ0) is 25.8. The van der Waals surface area contributed by atoms with E-state index in [0.717, 1.165) is 11.9 Å². The molecular formula is C27H28N6O4. The highest BCUT2D eigenvalue weighted by Crippen LogP contribution is 2.38. The Morgan fingerprint density at radius 3 is 2.65 bits per heavy atom. The number of carbonyl (C=O) groups excluding carboxylic acids is 2. The van der Waals surface area contributed by atoms with Gasteiger partial charge in [0.1, 0.15) is 18.1 Å². The molecule has 1 aliphatic rings. The zero-order valence-corrected chi connectivity index (χ0v) is 20.7. The maximum Gasteiger partial charge on any atom is 0.249 e. The highest BCUT2D eigenvalue weighted by Gasteiger charge is 2.34. The molecule has 0 saturated heterocycles. The molecule has 1 N–H and O–H groups in total. The Morgan fingerprint density at radius 1 is 1.05 bits per heavy atom. The summed E-state index contributed by atoms with van der Waals surface area (Å²) in [7, 11) is 0. The molecule has 0 saturated carbocycles. The molecule has 2 amide bonds. The van der Waals surface area contributed by atoms with Gasteiger partial charge in [0, 0.05) is 30.7 Å². The van der Waals surface area contributed by atoms with Gasteiger partial charge in [0.2, 0.25) is 18.6 Å². The van der Waals surface area contributed by atoms with E-state index in [4.69, 9.17) is 9.47 Å². The summed E-state index contributed by atoms with van der Waals surface area (Å²) < 4.78 is 12.6. The molecule has 0 radical (unpaired) electrons. The van der Waals surface area contributed by atoms with E-state index in [2.05, 4.69) is 34.5 Å². The fourth-order valence-electron chi connectivity index (χ4n) is 4.25. The second-order valence-electron chi connectivity index (χ2n) is 9.19. The number of amides is 2. The van der Waals surface area contributed by atoms with Gasteiger partial charge in [0.05, 0.1) is 5.52 Å². The van der Waals surface area contributed by atoms with Gasteiger partial charge in [-0.15, -0.1) is 5.10 Å². The summed E-state index contributed by atoms with van der Waals surface area (Å²) in [5, 5.41) is 11.4. The third-order valence-electron chi connectivity index (χ3n) is 6.16. The summed E-state index contributed by atoms with van der Waals surface area (Å²) in [6.07, 6.45) is 4.03. The number of fused-ring (bicyclic) bond motifs is 2. The number of carbonyl (C=O) groups is 2. The van der Waals surface area contributed by atoms with E-state index >= 15 is 0 Å². The Labute approximate surface area is 214 Å². The van der Waals surface area contributed by atoms with E-state index in [-0.39, 0.29) is 25.2 Å². The number of hydrogen-bond donors (Lipinski definition) is 1. The van der Waals surface area contributed by atoms with Gasteiger partial charge in [-0.2, -0.15) is 0 Å². The van der Waals surface area contributed by atoms with Crippen LogP contribution in [0.4, 0.5) is 5.69 Å². The van der Waals surface area contributed by atoms with Crippen LogP contribution >= 0.6 is 0 Å². The highest BCUT2D eigenvalue weighted by atomic mass is 16.7. The third kappa shape index (κ3) is 5.23. The quantitative estimate of drug-likeness (QED) is 0.374. The Balaban J connectivity index is 1.55. The molecule has 37 heavy (non-hydrogen) atoms. The molecule has 5 rings (SSSR count). The second kappa shape index (κ2) is 10.7. The summed E-state index contributed by atoms with van der Waals surface area (Å²) >= 11 is 0. The number of nitrogens with zero attached hydrogens (tertiary/aromatic N) is 5. The van der Waals surface area contributed by atoms with E-state index in [1.807, 2.05) is 24.3 Å². The number of anilines is 1. The van der Waals surface area contributed by atoms with Gasteiger partial charge in [0.25, 0.3) is 0 Å². The summed E-state index contributed by atoms with van der Waals surface area (Å²) in [5.74, 6) is 0.888. The predicted octanol–water partition coefficient (Wildman–Crippen LogP) is 3.49. The summed E-state index contributed by atoms with van der Waals surface area (Å²) in [4.78, 5) is 33.3. The second-order valence-corrected chi connectivity index (χ2v) is 9.19. The SMILES string of the molecule is CC(C)CCNC(=O)C(c1ccncc1)N(C(=O)Cn1nnc2ccccc21)c1ccc2c(c1)OCO2. The first-order valence-corrected chi connectivity index (χ1v) is 12.2. The first-order valence-electron chi connectivity index (χ1n) is 12.2. The van der Waals surface area contributed by atoms with Gasteiger partial charge in [0.15, 0.2) is 11.5 Å². The monoisotopic (exact) mass is 500 g/mol. The minimum atomic E-state index is -0.946. The van der Waals surface area contributed by atoms with Crippen molar-refractivity contribution in [3.05, 3.63) is 72.6 Å². The lowest BCUT2D eigenvalue weighted by molar-refractivity contribution is -0.127. The molecule has 1 aliphatic heterocycles. The average Bonchev–Trinajstić information content (AvgIpc) is 3.54. The van der Waals surface area contributed by atoms with Crippen LogP contribution in [0.3, 0.4) is 0 Å². The smallest absolute Gasteiger partial charge is 0.249 e. The van der Waals surface area contributed by atoms with Crippen molar-refractivity contribution >= 4 is 28.5 Å². The average molecular weight is 501 g/mol. The van der Waals surface area contributed by atoms with Crippen molar-refractivity contribution in [2.75, 3.05) is 18.2 Å². The van der Waals surface area contributed by atoms with Crippen molar-refractivity contribution in [2.24, 2.45) is 5.92 Å². The number of hydrogen-bond acceptors (Lipinski definition) is 7. The summed E-state index contributed by atoms with van der Waals surface area (Å²) in [6, 6.07) is 15.2. The van der Waals surface area contributed by atoms with E-state index in [1.54, 1.807) is 42.7 Å². The molecule has 10 heteroatoms. The largest absolute Gasteiger partial charge is 0.454 e. The molecule has 1 atom stereocenters. The van der Waals surface area contributed by atoms with Crippen LogP contribution < -0.4 is 19.7 Å². The number of rotatable bonds is 9. The molecule has 1 unspecified atom stereocenters. The normalized spacial score (nSPS) is 13.1. The lowest BCUT2D eigenvalue weighted by atomic mass is 10.0. The van der Waals surface area contributed by atoms with Crippen LogP contribution in [-0.4, -0.2) is 45.1 Å². The standard InChI is InChI=1S/C27H28N6O4/c1-18(2)9-14-29-27(35)26(19-10-12-28-13-11-19)33(20-7-8-23-24(15-20)37-17-36-23)25(34)16-32-22-6-4-3-5-21(22)30-31-32/h3-8,10-13,15,18,26H,9,14,16-17H2,1-2H3,(H,29,35). The predicted molar refractivity (Wildman–Crippen MR) is 137 cm³/mol. The zero-order valence-electron chi connectivity index (χ0n) is 20.7. The molecule has 0 aliphatic carbocycles. The first-order chi connectivity index (χ1) is 18.0. The van der Waals surface area contributed by atoms with Crippen LogP contribution in [0.25, 0.3) is 11.0 Å². The number of para-hydroxylation sites is 1. The van der Waals surface area contributed by atoms with Gasteiger partial charge >= 0.3 is 0 Å². The Kier molecular flexibility index (Phi) is 6.98. The van der Waals surface area contributed by atoms with E-state index in [1.165, 1.54) is 9.58 Å². The first kappa shape index (κ1) is 24.2. The van der Waals surface area contributed by atoms with Crippen molar-refractivity contribution in [3.8, 4) is 11.5 Å². The molecule has 2 aromatic heterocycles. The highest BCUT2D eigenvalue weighted by molar-refractivity contribution is 6.01. The van der Waals surface area contributed by atoms with Crippen LogP contribution in [0, 0.1) is 5.92 Å². The fourth-order valence-corrected chi connectivity index (χ4v) is 4.25. The number of ether oxygens (including phenoxy) is 2. The molecule has 0 bridgehead atoms. The molecule has 4 aromatic rings. The molecule has 3 heterocycles. The maximum atomic E-state index is 14.0. The molecular weight excluding hydrogens is 472 g/mol. The summed E-state index contributed by atoms with van der Waals surface area (Å²) in [5.41, 5.74) is 2.54. The maximum absolute atomic E-state index is 14.0. The Bertz CT molecular complexity index is 1400. The van der Waals surface area contributed by atoms with Crippen molar-refractivity contribution in [3.63, 3.8) is 0 Å². The molecule has 190 valence electrons. The van der Waals surface area contributed by atoms with Gasteiger partial charge < -0.3 is 14.8 Å². The van der Waals surface area contributed by atoms with Crippen LogP contribution in [0.2, 0.25) is 0 Å². The number of pyridine rings is 1. The Morgan fingerprint density at radius 2 is 1.84 bits per heavy atom. The molecule has 2 aromatic carbocycles. The van der Waals surface area contributed by atoms with Gasteiger partial charge in [-0.3, -0.25) is 19.5 Å². The lowest BCUT2D eigenvalue weighted by Gasteiger charge is -2.31. The van der Waals surface area contributed by atoms with E-state index in [0.29, 0.717) is 40.7 Å². The number of benzene rings is 2. The van der Waals surface area contributed by atoms with Crippen molar-refractivity contribution < 1.29 is 19.1 Å². The van der Waals surface area contributed by atoms with Crippen LogP contribution in [0.1, 0.15) is 31.9 Å². The minimum absolute atomic E-state index is 0.0984. The molecule has 10 nitrogen and oxygen atoms in total. The van der Waals surface area contributed by atoms with Crippen LogP contribution in [0.5, 0.6) is 11.5 Å². The van der Waals surface area contributed by atoms with Gasteiger partial charge in [-0.05, 0) is 54.3 Å². The van der Waals surface area contributed by atoms with Gasteiger partial charge in [-0.1, -0.05) is 31.2 Å². The topological polar surface area (TPSA) is 111 Å². The van der Waals surface area contributed by atoms with Crippen LogP contribution in [-0.2, 0) is 16.1 Å². The summed E-state index contributed by atoms with van der Waals surface area (Å²) in [6.45, 7) is 4.67. The molecule has 0 spiro atoms.